The van der Waals surface area contributed by atoms with Gasteiger partial charge < -0.3 is 9.73 Å². The zero-order chi connectivity index (χ0) is 19.2. The molecule has 3 aromatic rings. The molecule has 0 saturated heterocycles. The molecule has 7 heteroatoms. The number of likely N-dealkylation sites (N-methyl/N-ethyl adjacent to an activating group) is 1. The van der Waals surface area contributed by atoms with Crippen LogP contribution in [0.3, 0.4) is 0 Å². The molecule has 2 aromatic heterocycles. The van der Waals surface area contributed by atoms with Gasteiger partial charge in [-0.1, -0.05) is 30.3 Å². The van der Waals surface area contributed by atoms with Crippen LogP contribution in [0, 0.1) is 0 Å². The Kier molecular flexibility index (Phi) is 5.83. The number of rotatable bonds is 7. The third-order valence-corrected chi connectivity index (χ3v) is 4.22. The van der Waals surface area contributed by atoms with Gasteiger partial charge in [0.2, 0.25) is 5.91 Å². The summed E-state index contributed by atoms with van der Waals surface area (Å²) in [6.45, 7) is 0.226. The molecular formula is C20H22N4O3. The van der Waals surface area contributed by atoms with E-state index in [2.05, 4.69) is 10.4 Å². The smallest absolute Gasteiger partial charge is 0.267 e. The van der Waals surface area contributed by atoms with Crippen LogP contribution in [-0.4, -0.2) is 41.2 Å². The van der Waals surface area contributed by atoms with E-state index in [-0.39, 0.29) is 24.1 Å². The van der Waals surface area contributed by atoms with Crippen molar-refractivity contribution in [2.45, 2.75) is 12.6 Å². The second kappa shape index (κ2) is 8.46. The number of nitrogens with one attached hydrogen (secondary N) is 1. The maximum Gasteiger partial charge on any atom is 0.267 e. The van der Waals surface area contributed by atoms with Crippen LogP contribution >= 0.6 is 0 Å². The average Bonchev–Trinajstić information content (AvgIpc) is 3.18. The van der Waals surface area contributed by atoms with E-state index in [9.17, 15) is 9.59 Å². The summed E-state index contributed by atoms with van der Waals surface area (Å²) in [5.41, 5.74) is 1.21. The van der Waals surface area contributed by atoms with Gasteiger partial charge in [-0.2, -0.15) is 5.10 Å². The Morgan fingerprint density at radius 3 is 2.59 bits per heavy atom. The quantitative estimate of drug-likeness (QED) is 0.691. The van der Waals surface area contributed by atoms with Gasteiger partial charge in [-0.3, -0.25) is 14.5 Å². The maximum absolute atomic E-state index is 12.3. The number of carbonyl (C=O) groups is 1. The molecule has 0 bridgehead atoms. The molecular weight excluding hydrogens is 344 g/mol. The molecule has 1 amide bonds. The SMILES string of the molecule is CN(C)C(CNC(=O)Cn1nc(-c2ccccc2)ccc1=O)c1ccco1. The number of hydrogen-bond donors (Lipinski definition) is 1. The van der Waals surface area contributed by atoms with Crippen molar-refractivity contribution in [3.05, 3.63) is 77.0 Å². The molecule has 0 radical (unpaired) electrons. The molecule has 1 aromatic carbocycles. The molecule has 27 heavy (non-hydrogen) atoms. The van der Waals surface area contributed by atoms with Crippen LogP contribution in [0.5, 0.6) is 0 Å². The summed E-state index contributed by atoms with van der Waals surface area (Å²) in [5.74, 6) is 0.481. The molecule has 2 heterocycles. The van der Waals surface area contributed by atoms with Crippen molar-refractivity contribution in [3.8, 4) is 11.3 Å². The molecule has 0 fully saturated rings. The Bertz CT molecular complexity index is 933. The molecule has 0 aliphatic carbocycles. The van der Waals surface area contributed by atoms with Gasteiger partial charge in [0.15, 0.2) is 0 Å². The van der Waals surface area contributed by atoms with E-state index in [1.807, 2.05) is 61.5 Å². The molecule has 0 saturated carbocycles. The molecule has 0 spiro atoms. The Labute approximate surface area is 157 Å². The summed E-state index contributed by atoms with van der Waals surface area (Å²) in [5, 5.41) is 7.16. The predicted octanol–water partition coefficient (Wildman–Crippen LogP) is 1.92. The summed E-state index contributed by atoms with van der Waals surface area (Å²) in [6, 6.07) is 16.2. The standard InChI is InChI=1S/C20H22N4O3/c1-23(2)17(18-9-6-12-27-18)13-21-19(25)14-24-20(26)11-10-16(22-24)15-7-4-3-5-8-15/h3-12,17H,13-14H2,1-2H3,(H,21,25). The van der Waals surface area contributed by atoms with Crippen molar-refractivity contribution in [1.29, 1.82) is 0 Å². The number of nitrogens with zero attached hydrogens (tertiary/aromatic N) is 3. The minimum atomic E-state index is -0.319. The predicted molar refractivity (Wildman–Crippen MR) is 102 cm³/mol. The van der Waals surface area contributed by atoms with Gasteiger partial charge in [0, 0.05) is 18.2 Å². The Morgan fingerprint density at radius 1 is 1.15 bits per heavy atom. The fourth-order valence-electron chi connectivity index (χ4n) is 2.75. The highest BCUT2D eigenvalue weighted by Crippen LogP contribution is 2.17. The first-order chi connectivity index (χ1) is 13.0. The van der Waals surface area contributed by atoms with Crippen molar-refractivity contribution in [3.63, 3.8) is 0 Å². The van der Waals surface area contributed by atoms with Crippen LogP contribution in [-0.2, 0) is 11.3 Å². The highest BCUT2D eigenvalue weighted by molar-refractivity contribution is 5.75. The largest absolute Gasteiger partial charge is 0.468 e. The number of carbonyl (C=O) groups excluding carboxylic acids is 1. The second-order valence-corrected chi connectivity index (χ2v) is 6.38. The monoisotopic (exact) mass is 366 g/mol. The van der Waals surface area contributed by atoms with E-state index in [1.165, 1.54) is 10.7 Å². The van der Waals surface area contributed by atoms with Crippen LogP contribution in [0.4, 0.5) is 0 Å². The lowest BCUT2D eigenvalue weighted by Gasteiger charge is -2.22. The van der Waals surface area contributed by atoms with E-state index < -0.39 is 0 Å². The highest BCUT2D eigenvalue weighted by Gasteiger charge is 2.18. The molecule has 1 N–H and O–H groups in total. The van der Waals surface area contributed by atoms with Crippen molar-refractivity contribution in [2.24, 2.45) is 0 Å². The van der Waals surface area contributed by atoms with Crippen molar-refractivity contribution < 1.29 is 9.21 Å². The molecule has 1 atom stereocenters. The summed E-state index contributed by atoms with van der Waals surface area (Å²) < 4.78 is 6.61. The maximum atomic E-state index is 12.3. The molecule has 140 valence electrons. The van der Waals surface area contributed by atoms with Gasteiger partial charge in [-0.15, -0.1) is 0 Å². The minimum absolute atomic E-state index is 0.0933. The lowest BCUT2D eigenvalue weighted by atomic mass is 10.1. The van der Waals surface area contributed by atoms with Crippen LogP contribution in [0.25, 0.3) is 11.3 Å². The Balaban J connectivity index is 1.68. The van der Waals surface area contributed by atoms with Crippen LogP contribution in [0.1, 0.15) is 11.8 Å². The minimum Gasteiger partial charge on any atom is -0.468 e. The molecule has 0 aliphatic heterocycles. The van der Waals surface area contributed by atoms with Gasteiger partial charge >= 0.3 is 0 Å². The van der Waals surface area contributed by atoms with Crippen molar-refractivity contribution >= 4 is 5.91 Å². The van der Waals surface area contributed by atoms with E-state index in [0.29, 0.717) is 12.2 Å². The average molecular weight is 366 g/mol. The molecule has 7 nitrogen and oxygen atoms in total. The zero-order valence-corrected chi connectivity index (χ0v) is 15.3. The summed E-state index contributed by atoms with van der Waals surface area (Å²) in [4.78, 5) is 26.4. The van der Waals surface area contributed by atoms with Crippen LogP contribution in [0.2, 0.25) is 0 Å². The lowest BCUT2D eigenvalue weighted by molar-refractivity contribution is -0.122. The van der Waals surface area contributed by atoms with Gasteiger partial charge in [0.25, 0.3) is 5.56 Å². The summed E-state index contributed by atoms with van der Waals surface area (Å²) >= 11 is 0. The van der Waals surface area contributed by atoms with Crippen LogP contribution in [0.15, 0.2) is 70.1 Å². The Hall–Kier alpha value is -3.19. The first-order valence-electron chi connectivity index (χ1n) is 8.64. The third-order valence-electron chi connectivity index (χ3n) is 4.22. The third kappa shape index (κ3) is 4.71. The fraction of sp³-hybridized carbons (Fsp3) is 0.250. The molecule has 0 aliphatic rings. The topological polar surface area (TPSA) is 80.4 Å². The molecule has 1 unspecified atom stereocenters. The first kappa shape index (κ1) is 18.6. The summed E-state index contributed by atoms with van der Waals surface area (Å²) in [6.07, 6.45) is 1.60. The van der Waals surface area contributed by atoms with Gasteiger partial charge in [-0.25, -0.2) is 4.68 Å². The normalized spacial score (nSPS) is 12.1. The van der Waals surface area contributed by atoms with Gasteiger partial charge in [0.1, 0.15) is 12.3 Å². The Morgan fingerprint density at radius 2 is 1.93 bits per heavy atom. The molecule has 3 rings (SSSR count). The van der Waals surface area contributed by atoms with E-state index in [0.717, 1.165) is 11.3 Å². The number of amides is 1. The van der Waals surface area contributed by atoms with Gasteiger partial charge in [-0.05, 0) is 32.3 Å². The summed E-state index contributed by atoms with van der Waals surface area (Å²) in [7, 11) is 3.82. The number of benzene rings is 1. The van der Waals surface area contributed by atoms with E-state index in [1.54, 1.807) is 12.3 Å². The number of aromatic nitrogens is 2. The lowest BCUT2D eigenvalue weighted by Crippen LogP contribution is -2.38. The fourth-order valence-corrected chi connectivity index (χ4v) is 2.75. The van der Waals surface area contributed by atoms with Crippen LogP contribution < -0.4 is 10.9 Å². The van der Waals surface area contributed by atoms with Gasteiger partial charge in [0.05, 0.1) is 18.0 Å². The number of hydrogen-bond acceptors (Lipinski definition) is 5. The van der Waals surface area contributed by atoms with Crippen molar-refractivity contribution in [2.75, 3.05) is 20.6 Å². The van der Waals surface area contributed by atoms with E-state index >= 15 is 0 Å². The first-order valence-corrected chi connectivity index (χ1v) is 8.64. The number of furan rings is 1. The second-order valence-electron chi connectivity index (χ2n) is 6.38. The zero-order valence-electron chi connectivity index (χ0n) is 15.3. The highest BCUT2D eigenvalue weighted by atomic mass is 16.3. The van der Waals surface area contributed by atoms with E-state index in [4.69, 9.17) is 4.42 Å². The van der Waals surface area contributed by atoms with Crippen molar-refractivity contribution in [1.82, 2.24) is 20.0 Å².